The smallest absolute Gasteiger partial charge is 0.284 e. The van der Waals surface area contributed by atoms with Crippen LogP contribution in [0, 0.1) is 37.7 Å². The predicted molar refractivity (Wildman–Crippen MR) is 249 cm³/mol. The summed E-state index contributed by atoms with van der Waals surface area (Å²) in [5.41, 5.74) is 2.20. The lowest BCUT2D eigenvalue weighted by atomic mass is 9.99. The van der Waals surface area contributed by atoms with Crippen LogP contribution < -0.4 is 9.80 Å². The van der Waals surface area contributed by atoms with Crippen LogP contribution in [0.4, 0.5) is 35.9 Å². The minimum atomic E-state index is -0.859. The number of amides is 2. The van der Waals surface area contributed by atoms with Gasteiger partial charge in [-0.25, -0.2) is 23.2 Å². The van der Waals surface area contributed by atoms with Gasteiger partial charge in [-0.05, 0) is 56.6 Å². The molecule has 348 valence electrons. The van der Waals surface area contributed by atoms with Crippen molar-refractivity contribution in [3.8, 4) is 0 Å². The molecule has 22 heteroatoms. The molecule has 0 N–H and O–H groups in total. The highest BCUT2D eigenvalue weighted by Crippen LogP contribution is 2.37. The fraction of sp³-hybridized carbons (Fsp3) is 0.261. The number of rotatable bonds is 6. The van der Waals surface area contributed by atoms with Crippen molar-refractivity contribution in [3.05, 3.63) is 162 Å². The van der Waals surface area contributed by atoms with E-state index in [0.29, 0.717) is 45.6 Å². The summed E-state index contributed by atoms with van der Waals surface area (Å²) in [5, 5.41) is 23.0. The molecule has 2 saturated heterocycles. The molecule has 0 atom stereocenters. The second kappa shape index (κ2) is 18.6. The second-order valence-electron chi connectivity index (χ2n) is 16.5. The van der Waals surface area contributed by atoms with E-state index in [4.69, 9.17) is 11.6 Å². The third-order valence-electron chi connectivity index (χ3n) is 12.0. The molecule has 0 unspecified atom stereocenters. The second-order valence-corrected chi connectivity index (χ2v) is 16.9. The van der Waals surface area contributed by atoms with Crippen LogP contribution in [0.15, 0.2) is 117 Å². The number of carbonyl (C=O) groups is 2. The molecule has 10 rings (SSSR count). The van der Waals surface area contributed by atoms with Gasteiger partial charge in [-0.1, -0.05) is 11.6 Å². The van der Waals surface area contributed by atoms with Gasteiger partial charge in [0.25, 0.3) is 23.2 Å². The molecule has 18 nitrogen and oxygen atoms in total. The van der Waals surface area contributed by atoms with Crippen LogP contribution >= 0.6 is 11.6 Å². The molecular formula is C46H40ClF3N12O6. The number of likely N-dealkylation sites (N-methyl/N-ethyl adjacent to an activating group) is 2. The Labute approximate surface area is 391 Å². The van der Waals surface area contributed by atoms with Crippen molar-refractivity contribution in [1.29, 1.82) is 0 Å². The summed E-state index contributed by atoms with van der Waals surface area (Å²) in [4.78, 5) is 78.0. The van der Waals surface area contributed by atoms with Crippen LogP contribution in [0.3, 0.4) is 0 Å². The molecule has 0 radical (unpaired) electrons. The van der Waals surface area contributed by atoms with Crippen molar-refractivity contribution < 1.29 is 32.6 Å². The lowest BCUT2D eigenvalue weighted by Crippen LogP contribution is -2.42. The Morgan fingerprint density at radius 1 is 0.574 bits per heavy atom. The van der Waals surface area contributed by atoms with E-state index in [-0.39, 0.29) is 63.8 Å². The fourth-order valence-electron chi connectivity index (χ4n) is 8.40. The minimum absolute atomic E-state index is 0.0226. The number of hydrogen-bond donors (Lipinski definition) is 0. The Morgan fingerprint density at radius 2 is 1.00 bits per heavy atom. The van der Waals surface area contributed by atoms with Gasteiger partial charge in [-0.15, -0.1) is 0 Å². The minimum Gasteiger partial charge on any atom is -0.373 e. The highest BCUT2D eigenvalue weighted by Gasteiger charge is 2.39. The van der Waals surface area contributed by atoms with E-state index in [2.05, 4.69) is 34.7 Å². The number of benzene rings is 4. The molecule has 0 aromatic heterocycles. The Bertz CT molecular complexity index is 2800. The first-order chi connectivity index (χ1) is 32.6. The van der Waals surface area contributed by atoms with Crippen LogP contribution in [0.25, 0.3) is 0 Å². The molecule has 68 heavy (non-hydrogen) atoms. The van der Waals surface area contributed by atoms with Crippen LogP contribution in [0.5, 0.6) is 0 Å². The highest BCUT2D eigenvalue weighted by molar-refractivity contribution is 6.38. The van der Waals surface area contributed by atoms with E-state index in [9.17, 15) is 43.0 Å². The Kier molecular flexibility index (Phi) is 12.4. The quantitative estimate of drug-likeness (QED) is 0.133. The summed E-state index contributed by atoms with van der Waals surface area (Å²) < 4.78 is 41.8. The van der Waals surface area contributed by atoms with Crippen molar-refractivity contribution in [3.63, 3.8) is 0 Å². The van der Waals surface area contributed by atoms with Gasteiger partial charge < -0.3 is 19.6 Å². The van der Waals surface area contributed by atoms with Crippen molar-refractivity contribution >= 4 is 69.3 Å². The van der Waals surface area contributed by atoms with Gasteiger partial charge in [0.05, 0.1) is 50.8 Å². The molecule has 6 aliphatic rings. The first-order valence-electron chi connectivity index (χ1n) is 21.3. The van der Waals surface area contributed by atoms with Crippen molar-refractivity contribution in [2.45, 2.75) is 0 Å². The largest absolute Gasteiger partial charge is 0.373 e. The lowest BCUT2D eigenvalue weighted by molar-refractivity contribution is -0.385. The Morgan fingerprint density at radius 3 is 1.43 bits per heavy atom. The Hall–Kier alpha value is -7.62. The molecule has 0 bridgehead atoms. The number of fused-ring (bicyclic) bond motifs is 6. The summed E-state index contributed by atoms with van der Waals surface area (Å²) in [5.74, 6) is -2.10. The van der Waals surface area contributed by atoms with Gasteiger partial charge in [0.1, 0.15) is 40.5 Å². The molecule has 2 amide bonds. The van der Waals surface area contributed by atoms with E-state index in [0.717, 1.165) is 70.6 Å². The SMILES string of the molecule is CN1CCN(/C=C2\N=C3CN=C(c4ccc(F)cc4Cl)c4cc([N+](=O)[O-])ccc4N3C2=O)CC1.CN1CCN(/C=C2\N=C3CN=C(c4ccc(F)cc4F)c4cc([N+](=O)[O-])ccc4N3C2=O)CC1. The standard InChI is InChI=1S/C23H20ClFN6O3.C23H20F2N6O3/c1-28-6-8-29(9-7-28)13-19-23(32)30-20-5-3-15(31(33)34)11-17(20)22(26-12-21(30)27-19)16-4-2-14(25)10-18(16)24;1-28-6-8-29(9-7-28)13-19-23(32)30-20-5-3-15(31(33)34)11-17(20)22(26-12-21(30)27-19)16-4-2-14(24)10-18(16)25/h2*2-5,10-11,13H,6-9,12H2,1H3/b2*19-13-. The van der Waals surface area contributed by atoms with Gasteiger partial charge in [0, 0.05) is 117 Å². The number of carbonyl (C=O) groups excluding carboxylic acids is 2. The summed E-state index contributed by atoms with van der Waals surface area (Å²) in [6.07, 6.45) is 3.50. The molecular weight excluding hydrogens is 909 g/mol. The molecule has 2 fully saturated rings. The van der Waals surface area contributed by atoms with Crippen LogP contribution in [-0.4, -0.2) is 144 Å². The first kappa shape index (κ1) is 45.5. The zero-order valence-electron chi connectivity index (χ0n) is 36.5. The Balaban J connectivity index is 0.000000170. The van der Waals surface area contributed by atoms with E-state index in [1.54, 1.807) is 12.4 Å². The molecule has 0 spiro atoms. The summed E-state index contributed by atoms with van der Waals surface area (Å²) in [6.45, 7) is 6.58. The molecule has 4 aromatic carbocycles. The maximum absolute atomic E-state index is 14.7. The predicted octanol–water partition coefficient (Wildman–Crippen LogP) is 5.63. The zero-order valence-corrected chi connectivity index (χ0v) is 37.2. The maximum atomic E-state index is 14.7. The van der Waals surface area contributed by atoms with Crippen molar-refractivity contribution in [1.82, 2.24) is 19.6 Å². The number of non-ortho nitro benzene ring substituents is 2. The van der Waals surface area contributed by atoms with Crippen molar-refractivity contribution in [2.75, 3.05) is 89.3 Å². The average molecular weight is 949 g/mol. The van der Waals surface area contributed by atoms with Gasteiger partial charge in [0.15, 0.2) is 0 Å². The number of nitro groups is 2. The lowest BCUT2D eigenvalue weighted by Gasteiger charge is -2.31. The van der Waals surface area contributed by atoms with E-state index in [1.807, 2.05) is 19.0 Å². The summed E-state index contributed by atoms with van der Waals surface area (Å²) >= 11 is 6.29. The number of hydrogen-bond acceptors (Lipinski definition) is 14. The summed E-state index contributed by atoms with van der Waals surface area (Å²) in [7, 11) is 4.08. The summed E-state index contributed by atoms with van der Waals surface area (Å²) in [6, 6.07) is 15.1. The number of anilines is 2. The van der Waals surface area contributed by atoms with Crippen LogP contribution in [0.1, 0.15) is 22.3 Å². The van der Waals surface area contributed by atoms with E-state index >= 15 is 0 Å². The van der Waals surface area contributed by atoms with Gasteiger partial charge in [-0.3, -0.25) is 49.6 Å². The molecule has 6 aliphatic heterocycles. The monoisotopic (exact) mass is 948 g/mol. The van der Waals surface area contributed by atoms with Gasteiger partial charge in [0.2, 0.25) is 0 Å². The van der Waals surface area contributed by atoms with Crippen LogP contribution in [0.2, 0.25) is 5.02 Å². The van der Waals surface area contributed by atoms with E-state index in [1.165, 1.54) is 64.4 Å². The first-order valence-corrected chi connectivity index (χ1v) is 21.7. The maximum Gasteiger partial charge on any atom is 0.284 e. The number of nitro benzene ring substituents is 2. The van der Waals surface area contributed by atoms with Crippen molar-refractivity contribution in [2.24, 2.45) is 20.0 Å². The number of aliphatic imine (C=N–C) groups is 4. The number of halogens is 4. The molecule has 4 aromatic rings. The molecule has 6 heterocycles. The molecule has 0 aliphatic carbocycles. The van der Waals surface area contributed by atoms with Gasteiger partial charge in [-0.2, -0.15) is 0 Å². The number of nitrogens with zero attached hydrogens (tertiary/aromatic N) is 12. The third kappa shape index (κ3) is 8.97. The number of piperazine rings is 2. The number of amidine groups is 2. The topological polar surface area (TPSA) is 189 Å². The molecule has 0 saturated carbocycles. The normalized spacial score (nSPS) is 19.5. The average Bonchev–Trinajstić information content (AvgIpc) is 3.65. The highest BCUT2D eigenvalue weighted by atomic mass is 35.5. The van der Waals surface area contributed by atoms with Gasteiger partial charge >= 0.3 is 0 Å². The van der Waals surface area contributed by atoms with E-state index < -0.39 is 27.3 Å². The fourth-order valence-corrected chi connectivity index (χ4v) is 8.66. The van der Waals surface area contributed by atoms with Crippen LogP contribution in [-0.2, 0) is 9.59 Å². The zero-order chi connectivity index (χ0) is 48.0. The third-order valence-corrected chi connectivity index (χ3v) is 12.4.